The first kappa shape index (κ1) is 27.4. The second kappa shape index (κ2) is 10.1. The first-order valence-electron chi connectivity index (χ1n) is 14.2. The van der Waals surface area contributed by atoms with Gasteiger partial charge in [-0.05, 0) is 118 Å². The van der Waals surface area contributed by atoms with E-state index in [1.807, 2.05) is 0 Å². The Morgan fingerprint density at radius 1 is 0.919 bits per heavy atom. The van der Waals surface area contributed by atoms with E-state index in [4.69, 9.17) is 0 Å². The topological polar surface area (TPSA) is 29.5 Å². The first-order chi connectivity index (χ1) is 17.5. The van der Waals surface area contributed by atoms with Crippen LogP contribution in [0.15, 0.2) is 36.7 Å². The van der Waals surface area contributed by atoms with E-state index in [1.165, 1.54) is 25.7 Å². The molecule has 208 valence electrons. The van der Waals surface area contributed by atoms with Crippen molar-refractivity contribution < 1.29 is 32.1 Å². The highest BCUT2D eigenvalue weighted by molar-refractivity contribution is 5.17. The molecule has 0 radical (unpaired) electrons. The van der Waals surface area contributed by atoms with Crippen LogP contribution in [0.4, 0.5) is 22.0 Å². The van der Waals surface area contributed by atoms with E-state index >= 15 is 0 Å². The molecule has 8 aliphatic rings. The van der Waals surface area contributed by atoms with Gasteiger partial charge in [0.25, 0.3) is 0 Å². The molecule has 0 aromatic heterocycles. The Hall–Kier alpha value is -1.21. The highest BCUT2D eigenvalue weighted by Gasteiger charge is 2.63. The van der Waals surface area contributed by atoms with E-state index in [2.05, 4.69) is 18.0 Å². The van der Waals surface area contributed by atoms with Crippen molar-refractivity contribution in [3.05, 3.63) is 36.7 Å². The van der Waals surface area contributed by atoms with Crippen LogP contribution in [0.1, 0.15) is 77.6 Å². The van der Waals surface area contributed by atoms with Crippen molar-refractivity contribution in [3.8, 4) is 0 Å². The predicted molar refractivity (Wildman–Crippen MR) is 132 cm³/mol. The van der Waals surface area contributed by atoms with Gasteiger partial charge in [0.15, 0.2) is 0 Å². The third-order valence-electron chi connectivity index (χ3n) is 11.5. The van der Waals surface area contributed by atoms with Crippen molar-refractivity contribution >= 4 is 0 Å². The molecule has 37 heavy (non-hydrogen) atoms. The average molecular weight is 529 g/mol. The number of halogens is 5. The molecule has 2 nitrogen and oxygen atoms in total. The fourth-order valence-electron chi connectivity index (χ4n) is 10.0. The lowest BCUT2D eigenvalue weighted by molar-refractivity contribution is -0.351. The standard InChI is InChI=1S/C19H25F5O2.C11H16/c1-3-4-14(19(23,24)15(20)17(21)22)16(26-25)18(2)12-6-10-5-11(8-12)9-13(18)7-10;1-7-10-3-8-2-9(5-10)6-11(7)4-8/h3,10-14,16,25H,1,4-9H2,2H3;8-11H,1-6H2. The minimum absolute atomic E-state index is 0.0567. The molecule has 1 N–H and O–H groups in total. The third kappa shape index (κ3) is 4.64. The fraction of sp³-hybridized carbons (Fsp3) is 0.800. The minimum atomic E-state index is -4.45. The Kier molecular flexibility index (Phi) is 7.45. The Morgan fingerprint density at radius 2 is 1.35 bits per heavy atom. The van der Waals surface area contributed by atoms with Crippen LogP contribution in [-0.2, 0) is 4.89 Å². The van der Waals surface area contributed by atoms with Crippen molar-refractivity contribution in [2.45, 2.75) is 89.6 Å². The summed E-state index contributed by atoms with van der Waals surface area (Å²) < 4.78 is 68.0. The molecule has 8 fully saturated rings. The van der Waals surface area contributed by atoms with Crippen molar-refractivity contribution in [1.82, 2.24) is 0 Å². The van der Waals surface area contributed by atoms with Crippen LogP contribution in [0.2, 0.25) is 0 Å². The molecule has 8 aliphatic carbocycles. The van der Waals surface area contributed by atoms with E-state index in [0.29, 0.717) is 11.8 Å². The predicted octanol–water partition coefficient (Wildman–Crippen LogP) is 9.21. The zero-order valence-corrected chi connectivity index (χ0v) is 21.8. The molecule has 8 rings (SSSR count). The number of alkyl halides is 2. The lowest BCUT2D eigenvalue weighted by Gasteiger charge is -2.62. The largest absolute Gasteiger partial charge is 0.309 e. The van der Waals surface area contributed by atoms with Crippen molar-refractivity contribution in [3.63, 3.8) is 0 Å². The molecule has 0 heterocycles. The Bertz CT molecular complexity index is 865. The van der Waals surface area contributed by atoms with Crippen LogP contribution in [0.25, 0.3) is 0 Å². The average Bonchev–Trinajstić information content (AvgIpc) is 2.84. The van der Waals surface area contributed by atoms with Gasteiger partial charge in [0.2, 0.25) is 5.83 Å². The Labute approximate surface area is 217 Å². The van der Waals surface area contributed by atoms with Gasteiger partial charge in [0.1, 0.15) is 6.10 Å². The summed E-state index contributed by atoms with van der Waals surface area (Å²) in [6.07, 6.45) is 8.27. The summed E-state index contributed by atoms with van der Waals surface area (Å²) >= 11 is 0. The van der Waals surface area contributed by atoms with Crippen LogP contribution in [0.3, 0.4) is 0 Å². The van der Waals surface area contributed by atoms with E-state index in [9.17, 15) is 27.2 Å². The molecule has 0 spiro atoms. The van der Waals surface area contributed by atoms with Gasteiger partial charge in [-0.15, -0.1) is 6.58 Å². The molecule has 8 bridgehead atoms. The molecule has 0 saturated heterocycles. The summed E-state index contributed by atoms with van der Waals surface area (Å²) in [5.74, 6) is -3.84. The molecule has 8 saturated carbocycles. The van der Waals surface area contributed by atoms with Gasteiger partial charge in [-0.25, -0.2) is 4.89 Å². The SMILES string of the molecule is C=C1C2CC3CC(C2)CC1C3.C=CCC(C(OO)C1(C)C2CC3CC(C2)CC1C3)C(F)(F)C(F)=C(F)F. The maximum atomic E-state index is 14.6. The van der Waals surface area contributed by atoms with Gasteiger partial charge >= 0.3 is 12.0 Å². The maximum absolute atomic E-state index is 14.6. The van der Waals surface area contributed by atoms with Crippen LogP contribution < -0.4 is 0 Å². The zero-order chi connectivity index (χ0) is 26.7. The summed E-state index contributed by atoms with van der Waals surface area (Å²) in [4.78, 5) is 4.55. The fourth-order valence-corrected chi connectivity index (χ4v) is 10.0. The molecule has 0 aromatic carbocycles. The molecular formula is C30H41F5O2. The first-order valence-corrected chi connectivity index (χ1v) is 14.2. The summed E-state index contributed by atoms with van der Waals surface area (Å²) in [7, 11) is 0. The molecule has 0 amide bonds. The second-order valence-corrected chi connectivity index (χ2v) is 13.4. The molecule has 2 unspecified atom stereocenters. The van der Waals surface area contributed by atoms with E-state index in [-0.39, 0.29) is 11.8 Å². The lowest BCUT2D eigenvalue weighted by Crippen LogP contribution is -2.60. The summed E-state index contributed by atoms with van der Waals surface area (Å²) in [6.45, 7) is 9.44. The lowest BCUT2D eigenvalue weighted by atomic mass is 9.43. The van der Waals surface area contributed by atoms with Crippen LogP contribution in [0, 0.1) is 58.7 Å². The van der Waals surface area contributed by atoms with Gasteiger partial charge in [0, 0.05) is 5.41 Å². The van der Waals surface area contributed by atoms with Crippen molar-refractivity contribution in [2.24, 2.45) is 58.7 Å². The summed E-state index contributed by atoms with van der Waals surface area (Å²) in [5, 5.41) is 9.56. The molecule has 0 aromatic rings. The third-order valence-corrected chi connectivity index (χ3v) is 11.5. The maximum Gasteiger partial charge on any atom is 0.309 e. The normalized spacial score (nSPS) is 42.7. The quantitative estimate of drug-likeness (QED) is 0.154. The van der Waals surface area contributed by atoms with E-state index in [1.54, 1.807) is 18.9 Å². The second-order valence-electron chi connectivity index (χ2n) is 13.4. The molecule has 0 aliphatic heterocycles. The molecule has 2 atom stereocenters. The van der Waals surface area contributed by atoms with Gasteiger partial charge in [-0.1, -0.05) is 25.2 Å². The van der Waals surface area contributed by atoms with Crippen LogP contribution in [-0.4, -0.2) is 17.3 Å². The number of rotatable bonds is 7. The molecular weight excluding hydrogens is 487 g/mol. The number of hydrogen-bond donors (Lipinski definition) is 1. The number of allylic oxidation sites excluding steroid dienone is 3. The summed E-state index contributed by atoms with van der Waals surface area (Å²) in [6, 6.07) is 0. The summed E-state index contributed by atoms with van der Waals surface area (Å²) in [5.41, 5.74) is 0.809. The van der Waals surface area contributed by atoms with Crippen LogP contribution in [0.5, 0.6) is 0 Å². The van der Waals surface area contributed by atoms with E-state index in [0.717, 1.165) is 61.9 Å². The van der Waals surface area contributed by atoms with Crippen molar-refractivity contribution in [2.75, 3.05) is 0 Å². The van der Waals surface area contributed by atoms with E-state index < -0.39 is 41.7 Å². The van der Waals surface area contributed by atoms with Gasteiger partial charge in [-0.3, -0.25) is 5.26 Å². The monoisotopic (exact) mass is 528 g/mol. The van der Waals surface area contributed by atoms with Crippen LogP contribution >= 0.6 is 0 Å². The number of hydrogen-bond acceptors (Lipinski definition) is 2. The van der Waals surface area contributed by atoms with Crippen molar-refractivity contribution in [1.29, 1.82) is 0 Å². The van der Waals surface area contributed by atoms with Gasteiger partial charge < -0.3 is 0 Å². The highest BCUT2D eigenvalue weighted by Crippen LogP contribution is 2.65. The zero-order valence-electron chi connectivity index (χ0n) is 21.8. The Morgan fingerprint density at radius 3 is 1.73 bits per heavy atom. The smallest absolute Gasteiger partial charge is 0.252 e. The highest BCUT2D eigenvalue weighted by atomic mass is 19.3. The Balaban J connectivity index is 0.000000208. The molecule has 7 heteroatoms. The minimum Gasteiger partial charge on any atom is -0.252 e. The van der Waals surface area contributed by atoms with Gasteiger partial charge in [0.05, 0.1) is 5.92 Å². The van der Waals surface area contributed by atoms with Gasteiger partial charge in [-0.2, -0.15) is 22.0 Å².